The van der Waals surface area contributed by atoms with Gasteiger partial charge in [0.2, 0.25) is 5.91 Å². The van der Waals surface area contributed by atoms with Crippen molar-refractivity contribution < 1.29 is 24.2 Å². The second kappa shape index (κ2) is 10.8. The molecule has 0 saturated heterocycles. The first-order chi connectivity index (χ1) is 16.8. The number of carbonyl (C=O) groups is 3. The van der Waals surface area contributed by atoms with Gasteiger partial charge in [0.15, 0.2) is 5.69 Å². The molecule has 0 radical (unpaired) electrons. The highest BCUT2D eigenvalue weighted by Crippen LogP contribution is 2.25. The zero-order valence-electron chi connectivity index (χ0n) is 21.6. The summed E-state index contributed by atoms with van der Waals surface area (Å²) < 4.78 is 5.35. The number of benzene rings is 1. The van der Waals surface area contributed by atoms with Gasteiger partial charge in [-0.1, -0.05) is 32.0 Å². The Morgan fingerprint density at radius 3 is 2.44 bits per heavy atom. The first-order valence-corrected chi connectivity index (χ1v) is 12.0. The molecule has 0 fully saturated rings. The number of carboxylic acids is 1. The molecular weight excluding hydrogens is 462 g/mol. The van der Waals surface area contributed by atoms with Crippen LogP contribution >= 0.6 is 0 Å². The predicted molar refractivity (Wildman–Crippen MR) is 136 cm³/mol. The summed E-state index contributed by atoms with van der Waals surface area (Å²) in [5.41, 5.74) is 1.46. The fraction of sp³-hybridized carbons (Fsp3) is 0.462. The third-order valence-electron chi connectivity index (χ3n) is 5.57. The molecule has 0 spiro atoms. The lowest BCUT2D eigenvalue weighted by Crippen LogP contribution is -2.49. The summed E-state index contributed by atoms with van der Waals surface area (Å²) in [6.45, 7) is 10.8. The van der Waals surface area contributed by atoms with Crippen LogP contribution in [0.2, 0.25) is 0 Å². The van der Waals surface area contributed by atoms with E-state index in [-0.39, 0.29) is 11.6 Å². The third kappa shape index (κ3) is 6.87. The fourth-order valence-corrected chi connectivity index (χ4v) is 4.02. The largest absolute Gasteiger partial charge is 0.476 e. The number of H-pyrrole nitrogens is 2. The molecule has 1 aromatic carbocycles. The van der Waals surface area contributed by atoms with Crippen LogP contribution in [0.25, 0.3) is 10.9 Å². The number of nitrogens with one attached hydrogen (secondary N) is 4. The summed E-state index contributed by atoms with van der Waals surface area (Å²) in [4.78, 5) is 48.0. The van der Waals surface area contributed by atoms with Gasteiger partial charge in [-0.05, 0) is 51.7 Å². The van der Waals surface area contributed by atoms with Crippen LogP contribution in [0.3, 0.4) is 0 Å². The van der Waals surface area contributed by atoms with Crippen LogP contribution < -0.4 is 10.6 Å². The van der Waals surface area contributed by atoms with Crippen LogP contribution in [0.15, 0.2) is 30.5 Å². The Kier molecular flexibility index (Phi) is 8.07. The number of aromatic amines is 2. The van der Waals surface area contributed by atoms with E-state index in [1.54, 1.807) is 27.7 Å². The van der Waals surface area contributed by atoms with E-state index in [0.717, 1.165) is 16.5 Å². The average Bonchev–Trinajstić information content (AvgIpc) is 3.34. The molecule has 3 rings (SSSR count). The molecule has 0 aliphatic rings. The quantitative estimate of drug-likeness (QED) is 0.299. The number of carbonyl (C=O) groups excluding carboxylic acids is 2. The molecule has 5 N–H and O–H groups in total. The predicted octanol–water partition coefficient (Wildman–Crippen LogP) is 4.24. The average molecular weight is 498 g/mol. The van der Waals surface area contributed by atoms with E-state index < -0.39 is 35.7 Å². The number of hydrogen-bond donors (Lipinski definition) is 5. The second-order valence-corrected chi connectivity index (χ2v) is 10.4. The minimum atomic E-state index is -1.16. The Labute approximate surface area is 210 Å². The van der Waals surface area contributed by atoms with Crippen molar-refractivity contribution in [2.24, 2.45) is 5.92 Å². The molecule has 10 heteroatoms. The summed E-state index contributed by atoms with van der Waals surface area (Å²) >= 11 is 0. The van der Waals surface area contributed by atoms with Crippen molar-refractivity contribution in [3.05, 3.63) is 53.2 Å². The van der Waals surface area contributed by atoms with Crippen molar-refractivity contribution in [2.75, 3.05) is 0 Å². The van der Waals surface area contributed by atoms with E-state index in [9.17, 15) is 19.5 Å². The molecule has 0 bridgehead atoms. The Morgan fingerprint density at radius 2 is 1.83 bits per heavy atom. The van der Waals surface area contributed by atoms with Gasteiger partial charge in [0.05, 0.1) is 6.04 Å². The maximum absolute atomic E-state index is 13.4. The standard InChI is InChI=1S/C26H35N5O5/c1-14(2)11-20(30-25(35)36-26(4,5)6)23(32)29-19(22-28-15(3)21(31-22)24(33)34)12-16-13-27-18-10-8-7-9-17(16)18/h7-10,13-14,19-20,27H,11-12H2,1-6H3,(H,28,31)(H,29,32)(H,30,35)(H,33,34)/t19-,20+/m1/s1. The van der Waals surface area contributed by atoms with Crippen molar-refractivity contribution in [3.8, 4) is 0 Å². The number of nitrogens with zero attached hydrogens (tertiary/aromatic N) is 1. The van der Waals surface area contributed by atoms with Gasteiger partial charge in [-0.25, -0.2) is 14.6 Å². The summed E-state index contributed by atoms with van der Waals surface area (Å²) in [7, 11) is 0. The van der Waals surface area contributed by atoms with E-state index >= 15 is 0 Å². The van der Waals surface area contributed by atoms with Gasteiger partial charge < -0.3 is 30.4 Å². The van der Waals surface area contributed by atoms with Crippen LogP contribution in [-0.4, -0.2) is 49.7 Å². The highest BCUT2D eigenvalue weighted by atomic mass is 16.6. The van der Waals surface area contributed by atoms with Crippen LogP contribution in [0.4, 0.5) is 4.79 Å². The number of fused-ring (bicyclic) bond motifs is 1. The Balaban J connectivity index is 1.91. The Morgan fingerprint density at radius 1 is 1.14 bits per heavy atom. The summed E-state index contributed by atoms with van der Waals surface area (Å²) in [5, 5.41) is 16.1. The smallest absolute Gasteiger partial charge is 0.408 e. The van der Waals surface area contributed by atoms with E-state index in [1.165, 1.54) is 0 Å². The van der Waals surface area contributed by atoms with Crippen molar-refractivity contribution in [3.63, 3.8) is 0 Å². The number of hydrogen-bond acceptors (Lipinski definition) is 5. The summed E-state index contributed by atoms with van der Waals surface area (Å²) in [6, 6.07) is 6.27. The van der Waals surface area contributed by atoms with Crippen molar-refractivity contribution in [2.45, 2.75) is 72.1 Å². The van der Waals surface area contributed by atoms with Crippen molar-refractivity contribution >= 4 is 28.9 Å². The molecule has 2 amide bonds. The first kappa shape index (κ1) is 26.8. The lowest BCUT2D eigenvalue weighted by atomic mass is 10.0. The minimum absolute atomic E-state index is 0.103. The molecule has 0 unspecified atom stereocenters. The maximum atomic E-state index is 13.4. The van der Waals surface area contributed by atoms with Crippen LogP contribution in [-0.2, 0) is 16.0 Å². The van der Waals surface area contributed by atoms with Gasteiger partial charge >= 0.3 is 12.1 Å². The lowest BCUT2D eigenvalue weighted by Gasteiger charge is -2.26. The van der Waals surface area contributed by atoms with E-state index in [1.807, 2.05) is 44.3 Å². The highest BCUT2D eigenvalue weighted by molar-refractivity contribution is 5.88. The first-order valence-electron chi connectivity index (χ1n) is 12.0. The molecular formula is C26H35N5O5. The molecule has 0 aliphatic heterocycles. The van der Waals surface area contributed by atoms with Gasteiger partial charge in [-0.2, -0.15) is 0 Å². The van der Waals surface area contributed by atoms with E-state index in [4.69, 9.17) is 4.74 Å². The van der Waals surface area contributed by atoms with Gasteiger partial charge in [-0.3, -0.25) is 4.79 Å². The van der Waals surface area contributed by atoms with Gasteiger partial charge in [0.25, 0.3) is 0 Å². The molecule has 2 atom stereocenters. The highest BCUT2D eigenvalue weighted by Gasteiger charge is 2.29. The van der Waals surface area contributed by atoms with Crippen LogP contribution in [0.1, 0.15) is 74.7 Å². The monoisotopic (exact) mass is 497 g/mol. The number of aromatic carboxylic acids is 1. The molecule has 2 aromatic heterocycles. The number of amides is 2. The van der Waals surface area contributed by atoms with Crippen LogP contribution in [0, 0.1) is 12.8 Å². The molecule has 10 nitrogen and oxygen atoms in total. The second-order valence-electron chi connectivity index (χ2n) is 10.4. The number of alkyl carbamates (subject to hydrolysis) is 1. The molecule has 36 heavy (non-hydrogen) atoms. The topological polar surface area (TPSA) is 149 Å². The number of imidazole rings is 1. The lowest BCUT2D eigenvalue weighted by molar-refractivity contribution is -0.124. The third-order valence-corrected chi connectivity index (χ3v) is 5.57. The minimum Gasteiger partial charge on any atom is -0.476 e. The van der Waals surface area contributed by atoms with Crippen molar-refractivity contribution in [1.82, 2.24) is 25.6 Å². The zero-order valence-corrected chi connectivity index (χ0v) is 21.6. The molecule has 3 aromatic rings. The Hall–Kier alpha value is -3.82. The fourth-order valence-electron chi connectivity index (χ4n) is 4.02. The van der Waals surface area contributed by atoms with E-state index in [2.05, 4.69) is 25.6 Å². The number of aryl methyl sites for hydroxylation is 1. The maximum Gasteiger partial charge on any atom is 0.408 e. The number of ether oxygens (including phenoxy) is 1. The molecule has 0 aliphatic carbocycles. The van der Waals surface area contributed by atoms with Gasteiger partial charge in [0, 0.05) is 29.2 Å². The normalized spacial score (nSPS) is 13.4. The Bertz CT molecular complexity index is 1240. The van der Waals surface area contributed by atoms with Gasteiger partial charge in [0.1, 0.15) is 17.5 Å². The zero-order chi connectivity index (χ0) is 26.6. The number of para-hydroxylation sites is 1. The number of rotatable bonds is 9. The summed E-state index contributed by atoms with van der Waals surface area (Å²) in [5.74, 6) is -1.13. The number of carboxylic acid groups (broad SMARTS) is 1. The molecule has 0 saturated carbocycles. The number of aromatic nitrogens is 3. The molecule has 194 valence electrons. The van der Waals surface area contributed by atoms with Crippen LogP contribution in [0.5, 0.6) is 0 Å². The summed E-state index contributed by atoms with van der Waals surface area (Å²) in [6.07, 6.45) is 1.92. The SMILES string of the molecule is Cc1[nH]c([C@@H](Cc2c[nH]c3ccccc23)NC(=O)[C@H](CC(C)C)NC(=O)OC(C)(C)C)nc1C(=O)O. The van der Waals surface area contributed by atoms with Crippen molar-refractivity contribution in [1.29, 1.82) is 0 Å². The van der Waals surface area contributed by atoms with E-state index in [0.29, 0.717) is 24.4 Å². The molecule has 2 heterocycles. The van der Waals surface area contributed by atoms with Gasteiger partial charge in [-0.15, -0.1) is 0 Å².